The Morgan fingerprint density at radius 2 is 2.41 bits per heavy atom. The summed E-state index contributed by atoms with van der Waals surface area (Å²) in [6.07, 6.45) is 1.56. The molecular formula is C8H8N4O3S2. The summed E-state index contributed by atoms with van der Waals surface area (Å²) in [5, 5.41) is 21.3. The van der Waals surface area contributed by atoms with E-state index in [9.17, 15) is 9.00 Å². The molecule has 0 fully saturated rings. The van der Waals surface area contributed by atoms with Gasteiger partial charge in [-0.15, -0.1) is 16.4 Å². The number of thiophene rings is 1. The van der Waals surface area contributed by atoms with E-state index in [-0.39, 0.29) is 6.54 Å². The van der Waals surface area contributed by atoms with E-state index >= 15 is 0 Å². The fourth-order valence-electron chi connectivity index (χ4n) is 1.32. The second-order valence-corrected chi connectivity index (χ2v) is 5.62. The number of aliphatic carboxylic acids is 1. The lowest BCUT2D eigenvalue weighted by Crippen LogP contribution is -2.11. The average Bonchev–Trinajstić information content (AvgIpc) is 2.82. The van der Waals surface area contributed by atoms with Crippen molar-refractivity contribution in [3.05, 3.63) is 11.4 Å². The number of hydrogen-bond donors (Lipinski definition) is 1. The molecule has 2 heterocycles. The maximum Gasteiger partial charge on any atom is 0.325 e. The average molecular weight is 272 g/mol. The number of nitrogens with zero attached hydrogens (tertiary/aromatic N) is 4. The Balaban J connectivity index is 2.46. The number of carbonyl (C=O) groups is 1. The van der Waals surface area contributed by atoms with E-state index < -0.39 is 16.8 Å². The number of hydrogen-bond acceptors (Lipinski definition) is 6. The van der Waals surface area contributed by atoms with Gasteiger partial charge in [0.1, 0.15) is 10.8 Å². The maximum absolute atomic E-state index is 11.5. The molecule has 0 amide bonds. The Hall–Kier alpha value is -1.61. The van der Waals surface area contributed by atoms with Crippen LogP contribution in [0.15, 0.2) is 15.7 Å². The highest BCUT2D eigenvalue weighted by atomic mass is 32.2. The Bertz CT molecular complexity index is 577. The van der Waals surface area contributed by atoms with Gasteiger partial charge in [-0.2, -0.15) is 0 Å². The predicted molar refractivity (Wildman–Crippen MR) is 61.1 cm³/mol. The van der Waals surface area contributed by atoms with Crippen LogP contribution in [0.1, 0.15) is 0 Å². The summed E-state index contributed by atoms with van der Waals surface area (Å²) in [7, 11) is -1.15. The molecule has 7 nitrogen and oxygen atoms in total. The topological polar surface area (TPSA) is 98.0 Å². The number of carboxylic acid groups (broad SMARTS) is 1. The van der Waals surface area contributed by atoms with Gasteiger partial charge in [0.15, 0.2) is 5.82 Å². The van der Waals surface area contributed by atoms with E-state index in [0.717, 1.165) is 0 Å². The van der Waals surface area contributed by atoms with Gasteiger partial charge in [-0.1, -0.05) is 0 Å². The molecule has 0 aliphatic rings. The summed E-state index contributed by atoms with van der Waals surface area (Å²) in [5.74, 6) is -0.716. The van der Waals surface area contributed by atoms with Crippen molar-refractivity contribution >= 4 is 28.1 Å². The molecule has 0 aliphatic carbocycles. The van der Waals surface area contributed by atoms with Gasteiger partial charge in [-0.05, 0) is 21.9 Å². The second-order valence-electron chi connectivity index (χ2n) is 3.13. The minimum absolute atomic E-state index is 0.318. The monoisotopic (exact) mass is 272 g/mol. The van der Waals surface area contributed by atoms with Crippen molar-refractivity contribution in [2.24, 2.45) is 0 Å². The SMILES string of the molecule is CS(=O)c1sccc1-c1nnnn1CC(=O)O. The molecule has 0 bridgehead atoms. The van der Waals surface area contributed by atoms with Crippen molar-refractivity contribution < 1.29 is 14.1 Å². The third-order valence-electron chi connectivity index (χ3n) is 1.95. The van der Waals surface area contributed by atoms with Gasteiger partial charge in [0, 0.05) is 11.8 Å². The Kier molecular flexibility index (Phi) is 3.29. The molecule has 1 unspecified atom stereocenters. The molecule has 2 rings (SSSR count). The van der Waals surface area contributed by atoms with Crippen molar-refractivity contribution in [1.29, 1.82) is 0 Å². The second kappa shape index (κ2) is 4.72. The van der Waals surface area contributed by atoms with Gasteiger partial charge in [0.2, 0.25) is 0 Å². The Labute approximate surface area is 103 Å². The third-order valence-corrected chi connectivity index (χ3v) is 4.39. The summed E-state index contributed by atoms with van der Waals surface area (Å²) >= 11 is 1.33. The summed E-state index contributed by atoms with van der Waals surface area (Å²) in [6.45, 7) is -0.325. The summed E-state index contributed by atoms with van der Waals surface area (Å²) in [5.41, 5.74) is 0.613. The number of rotatable bonds is 4. The highest BCUT2D eigenvalue weighted by Crippen LogP contribution is 2.28. The smallest absolute Gasteiger partial charge is 0.325 e. The Morgan fingerprint density at radius 3 is 3.06 bits per heavy atom. The first-order valence-corrected chi connectivity index (χ1v) is 6.92. The van der Waals surface area contributed by atoms with Crippen LogP contribution < -0.4 is 0 Å². The van der Waals surface area contributed by atoms with Crippen LogP contribution >= 0.6 is 11.3 Å². The first-order valence-electron chi connectivity index (χ1n) is 4.49. The third kappa shape index (κ3) is 2.39. The fraction of sp³-hybridized carbons (Fsp3) is 0.250. The van der Waals surface area contributed by atoms with Crippen LogP contribution in [0.5, 0.6) is 0 Å². The Morgan fingerprint density at radius 1 is 1.65 bits per heavy atom. The van der Waals surface area contributed by atoms with Gasteiger partial charge in [-0.3, -0.25) is 9.00 Å². The predicted octanol–water partition coefficient (Wildman–Crippen LogP) is 0.224. The molecule has 9 heteroatoms. The van der Waals surface area contributed by atoms with E-state index in [2.05, 4.69) is 15.5 Å². The zero-order chi connectivity index (χ0) is 12.4. The number of carboxylic acids is 1. The van der Waals surface area contributed by atoms with E-state index in [4.69, 9.17) is 5.11 Å². The quantitative estimate of drug-likeness (QED) is 0.855. The largest absolute Gasteiger partial charge is 0.480 e. The standard InChI is InChI=1S/C8H8N4O3S2/c1-17(15)8-5(2-3-16-8)7-9-10-11-12(7)4-6(13)14/h2-3H,4H2,1H3,(H,13,14). The van der Waals surface area contributed by atoms with Crippen molar-refractivity contribution in [3.63, 3.8) is 0 Å². The molecule has 17 heavy (non-hydrogen) atoms. The summed E-state index contributed by atoms with van der Waals surface area (Å²) < 4.78 is 13.3. The molecule has 90 valence electrons. The normalized spacial score (nSPS) is 12.5. The van der Waals surface area contributed by atoms with E-state index in [0.29, 0.717) is 15.6 Å². The summed E-state index contributed by atoms with van der Waals surface area (Å²) in [4.78, 5) is 10.6. The molecule has 0 radical (unpaired) electrons. The number of tetrazole rings is 1. The molecule has 1 N–H and O–H groups in total. The lowest BCUT2D eigenvalue weighted by Gasteiger charge is -2.01. The van der Waals surface area contributed by atoms with Crippen molar-refractivity contribution in [3.8, 4) is 11.4 Å². The van der Waals surface area contributed by atoms with Crippen LogP contribution in [0, 0.1) is 0 Å². The fourth-order valence-corrected chi connectivity index (χ4v) is 3.11. The zero-order valence-electron chi connectivity index (χ0n) is 8.73. The zero-order valence-corrected chi connectivity index (χ0v) is 10.4. The molecule has 2 aromatic heterocycles. The van der Waals surface area contributed by atoms with Gasteiger partial charge >= 0.3 is 5.97 Å². The van der Waals surface area contributed by atoms with Gasteiger partial charge in [0.05, 0.1) is 10.8 Å². The molecule has 0 spiro atoms. The van der Waals surface area contributed by atoms with Crippen molar-refractivity contribution in [2.75, 3.05) is 6.26 Å². The van der Waals surface area contributed by atoms with E-state index in [1.54, 1.807) is 17.7 Å². The first kappa shape index (κ1) is 11.9. The molecule has 1 atom stereocenters. The van der Waals surface area contributed by atoms with Crippen LogP contribution in [0.4, 0.5) is 0 Å². The summed E-state index contributed by atoms with van der Waals surface area (Å²) in [6, 6.07) is 1.73. The minimum atomic E-state index is -1.15. The van der Waals surface area contributed by atoms with Crippen LogP contribution in [-0.2, 0) is 22.1 Å². The lowest BCUT2D eigenvalue weighted by molar-refractivity contribution is -0.137. The van der Waals surface area contributed by atoms with Gasteiger partial charge in [0.25, 0.3) is 0 Å². The van der Waals surface area contributed by atoms with Crippen LogP contribution in [0.2, 0.25) is 0 Å². The van der Waals surface area contributed by atoms with Gasteiger partial charge < -0.3 is 5.11 Å². The molecule has 2 aromatic rings. The maximum atomic E-state index is 11.5. The van der Waals surface area contributed by atoms with Crippen LogP contribution in [0.25, 0.3) is 11.4 Å². The first-order chi connectivity index (χ1) is 8.09. The molecule has 0 aliphatic heterocycles. The molecular weight excluding hydrogens is 264 g/mol. The van der Waals surface area contributed by atoms with Crippen LogP contribution in [-0.4, -0.2) is 41.7 Å². The highest BCUT2D eigenvalue weighted by Gasteiger charge is 2.17. The van der Waals surface area contributed by atoms with Gasteiger partial charge in [-0.25, -0.2) is 4.68 Å². The highest BCUT2D eigenvalue weighted by molar-refractivity contribution is 7.86. The lowest BCUT2D eigenvalue weighted by atomic mass is 10.3. The minimum Gasteiger partial charge on any atom is -0.480 e. The van der Waals surface area contributed by atoms with Crippen molar-refractivity contribution in [1.82, 2.24) is 20.2 Å². The number of aromatic nitrogens is 4. The van der Waals surface area contributed by atoms with E-state index in [1.165, 1.54) is 16.0 Å². The molecule has 0 saturated carbocycles. The van der Waals surface area contributed by atoms with Crippen LogP contribution in [0.3, 0.4) is 0 Å². The molecule has 0 saturated heterocycles. The molecule has 0 aromatic carbocycles. The van der Waals surface area contributed by atoms with E-state index in [1.807, 2.05) is 0 Å². The van der Waals surface area contributed by atoms with Crippen molar-refractivity contribution in [2.45, 2.75) is 10.8 Å².